The van der Waals surface area contributed by atoms with E-state index in [0.717, 1.165) is 25.0 Å². The molecule has 1 saturated heterocycles. The number of rotatable bonds is 5. The average molecular weight is 419 g/mol. The quantitative estimate of drug-likeness (QED) is 0.664. The van der Waals surface area contributed by atoms with E-state index in [9.17, 15) is 13.2 Å². The Morgan fingerprint density at radius 2 is 2.15 bits per heavy atom. The van der Waals surface area contributed by atoms with Crippen LogP contribution in [0.15, 0.2) is 41.0 Å². The summed E-state index contributed by atoms with van der Waals surface area (Å²) in [5.41, 5.74) is -0.692. The van der Waals surface area contributed by atoms with Gasteiger partial charge in [0, 0.05) is 13.2 Å². The molecule has 0 bridgehead atoms. The summed E-state index contributed by atoms with van der Waals surface area (Å²) in [5, 5.41) is 3.24. The van der Waals surface area contributed by atoms with Crippen LogP contribution in [0.2, 0.25) is 5.02 Å². The zero-order chi connectivity index (χ0) is 19.4. The lowest BCUT2D eigenvalue weighted by Crippen LogP contribution is -2.39. The molecule has 1 unspecified atom stereocenters. The molecule has 1 N–H and O–H groups in total. The van der Waals surface area contributed by atoms with Crippen LogP contribution < -0.4 is 5.32 Å². The maximum Gasteiger partial charge on any atom is 0.416 e. The molecule has 1 aliphatic heterocycles. The number of anilines is 1. The SMILES string of the molecule is FC(F)(F)c1ccc(Cl)c(NC(=S)N(Cc2ccco2)CC2CCCO2)c1. The zero-order valence-corrected chi connectivity index (χ0v) is 15.8. The van der Waals surface area contributed by atoms with Crippen LogP contribution >= 0.6 is 23.8 Å². The Morgan fingerprint density at radius 1 is 1.33 bits per heavy atom. The van der Waals surface area contributed by atoms with Gasteiger partial charge in [-0.25, -0.2) is 0 Å². The number of alkyl halides is 3. The van der Waals surface area contributed by atoms with Crippen molar-refractivity contribution in [3.05, 3.63) is 52.9 Å². The van der Waals surface area contributed by atoms with Crippen molar-refractivity contribution in [3.63, 3.8) is 0 Å². The minimum atomic E-state index is -4.46. The molecule has 1 atom stereocenters. The van der Waals surface area contributed by atoms with Crippen LogP contribution in [0.4, 0.5) is 18.9 Å². The van der Waals surface area contributed by atoms with E-state index in [0.29, 0.717) is 25.5 Å². The fraction of sp³-hybridized carbons (Fsp3) is 0.389. The summed E-state index contributed by atoms with van der Waals surface area (Å²) in [6, 6.07) is 6.66. The molecule has 0 spiro atoms. The largest absolute Gasteiger partial charge is 0.467 e. The fourth-order valence-electron chi connectivity index (χ4n) is 2.84. The van der Waals surface area contributed by atoms with E-state index in [1.54, 1.807) is 17.2 Å². The smallest absolute Gasteiger partial charge is 0.416 e. The molecule has 2 aromatic rings. The van der Waals surface area contributed by atoms with Crippen LogP contribution in [0, 0.1) is 0 Å². The highest BCUT2D eigenvalue weighted by atomic mass is 35.5. The second-order valence-corrected chi connectivity index (χ2v) is 7.01. The highest BCUT2D eigenvalue weighted by Gasteiger charge is 2.31. The number of nitrogens with one attached hydrogen (secondary N) is 1. The Bertz CT molecular complexity index is 777. The average Bonchev–Trinajstić information content (AvgIpc) is 3.29. The molecule has 1 fully saturated rings. The van der Waals surface area contributed by atoms with Crippen molar-refractivity contribution in [2.75, 3.05) is 18.5 Å². The first-order valence-electron chi connectivity index (χ1n) is 8.39. The van der Waals surface area contributed by atoms with Gasteiger partial charge >= 0.3 is 6.18 Å². The van der Waals surface area contributed by atoms with Crippen molar-refractivity contribution in [2.24, 2.45) is 0 Å². The van der Waals surface area contributed by atoms with E-state index in [4.69, 9.17) is 33.0 Å². The maximum absolute atomic E-state index is 13.0. The van der Waals surface area contributed by atoms with Crippen LogP contribution in [-0.4, -0.2) is 29.3 Å². The molecule has 4 nitrogen and oxygen atoms in total. The third kappa shape index (κ3) is 5.37. The van der Waals surface area contributed by atoms with E-state index in [1.165, 1.54) is 6.07 Å². The third-order valence-corrected chi connectivity index (χ3v) is 4.89. The topological polar surface area (TPSA) is 37.6 Å². The lowest BCUT2D eigenvalue weighted by molar-refractivity contribution is -0.137. The van der Waals surface area contributed by atoms with Crippen LogP contribution in [0.1, 0.15) is 24.2 Å². The number of furan rings is 1. The number of thiocarbonyl (C=S) groups is 1. The van der Waals surface area contributed by atoms with Gasteiger partial charge in [-0.3, -0.25) is 0 Å². The number of halogens is 4. The van der Waals surface area contributed by atoms with Gasteiger partial charge in [-0.05, 0) is 55.4 Å². The minimum absolute atomic E-state index is 0.0108. The molecule has 27 heavy (non-hydrogen) atoms. The molecule has 2 heterocycles. The Labute approximate surface area is 165 Å². The summed E-state index contributed by atoms with van der Waals surface area (Å²) in [6.45, 7) is 1.57. The normalized spacial score (nSPS) is 17.1. The molecule has 0 saturated carbocycles. The van der Waals surface area contributed by atoms with E-state index in [2.05, 4.69) is 5.32 Å². The van der Waals surface area contributed by atoms with Crippen LogP contribution in [0.3, 0.4) is 0 Å². The second-order valence-electron chi connectivity index (χ2n) is 6.22. The van der Waals surface area contributed by atoms with Crippen LogP contribution in [-0.2, 0) is 17.5 Å². The van der Waals surface area contributed by atoms with E-state index >= 15 is 0 Å². The highest BCUT2D eigenvalue weighted by molar-refractivity contribution is 7.80. The summed E-state index contributed by atoms with van der Waals surface area (Å²) in [6.07, 6.45) is -1.02. The van der Waals surface area contributed by atoms with Crippen LogP contribution in [0.25, 0.3) is 0 Å². The van der Waals surface area contributed by atoms with Crippen molar-refractivity contribution in [2.45, 2.75) is 31.7 Å². The third-order valence-electron chi connectivity index (χ3n) is 4.20. The Kier molecular flexibility index (Phi) is 6.29. The number of hydrogen-bond acceptors (Lipinski definition) is 3. The fourth-order valence-corrected chi connectivity index (χ4v) is 3.25. The van der Waals surface area contributed by atoms with E-state index in [-0.39, 0.29) is 21.9 Å². The molecule has 1 aromatic heterocycles. The predicted octanol–water partition coefficient (Wildman–Crippen LogP) is 5.33. The summed E-state index contributed by atoms with van der Waals surface area (Å²) < 4.78 is 50.0. The first-order chi connectivity index (χ1) is 12.8. The molecular formula is C18H18ClF3N2O2S. The summed E-state index contributed by atoms with van der Waals surface area (Å²) in [5.74, 6) is 0.687. The molecule has 0 aliphatic carbocycles. The molecule has 9 heteroatoms. The maximum atomic E-state index is 13.0. The highest BCUT2D eigenvalue weighted by Crippen LogP contribution is 2.34. The second kappa shape index (κ2) is 8.50. The molecular weight excluding hydrogens is 401 g/mol. The van der Waals surface area contributed by atoms with Crippen molar-refractivity contribution < 1.29 is 22.3 Å². The summed E-state index contributed by atoms with van der Waals surface area (Å²) in [4.78, 5) is 1.81. The standard InChI is InChI=1S/C18H18ClF3N2O2S/c19-15-6-5-12(18(20,21)22)9-16(15)23-17(27)24(10-13-3-1-7-25-13)11-14-4-2-8-26-14/h1,3,5-7,9,14H,2,4,8,10-11H2,(H,23,27). The summed E-state index contributed by atoms with van der Waals surface area (Å²) >= 11 is 11.5. The van der Waals surface area contributed by atoms with Crippen molar-refractivity contribution in [1.29, 1.82) is 0 Å². The molecule has 3 rings (SSSR count). The van der Waals surface area contributed by atoms with Gasteiger partial charge in [-0.15, -0.1) is 0 Å². The Morgan fingerprint density at radius 3 is 2.78 bits per heavy atom. The van der Waals surface area contributed by atoms with Gasteiger partial charge in [-0.1, -0.05) is 11.6 Å². The molecule has 1 aromatic carbocycles. The molecule has 0 amide bonds. The van der Waals surface area contributed by atoms with Crippen molar-refractivity contribution in [1.82, 2.24) is 4.90 Å². The van der Waals surface area contributed by atoms with Gasteiger partial charge in [0.25, 0.3) is 0 Å². The Hall–Kier alpha value is -1.77. The Balaban J connectivity index is 1.77. The number of hydrogen-bond donors (Lipinski definition) is 1. The molecule has 146 valence electrons. The van der Waals surface area contributed by atoms with E-state index < -0.39 is 11.7 Å². The van der Waals surface area contributed by atoms with E-state index in [1.807, 2.05) is 6.07 Å². The first kappa shape index (κ1) is 20.0. The number of nitrogens with zero attached hydrogens (tertiary/aromatic N) is 1. The minimum Gasteiger partial charge on any atom is -0.467 e. The van der Waals surface area contributed by atoms with Gasteiger partial charge in [0.15, 0.2) is 5.11 Å². The van der Waals surface area contributed by atoms with Crippen LogP contribution in [0.5, 0.6) is 0 Å². The van der Waals surface area contributed by atoms with Crippen molar-refractivity contribution >= 4 is 34.6 Å². The predicted molar refractivity (Wildman–Crippen MR) is 101 cm³/mol. The van der Waals surface area contributed by atoms with Crippen molar-refractivity contribution in [3.8, 4) is 0 Å². The molecule has 0 radical (unpaired) electrons. The van der Waals surface area contributed by atoms with Gasteiger partial charge in [0.2, 0.25) is 0 Å². The monoisotopic (exact) mass is 418 g/mol. The van der Waals surface area contributed by atoms with Gasteiger partial charge < -0.3 is 19.4 Å². The number of benzene rings is 1. The summed E-state index contributed by atoms with van der Waals surface area (Å²) in [7, 11) is 0. The first-order valence-corrected chi connectivity index (χ1v) is 9.18. The number of ether oxygens (including phenoxy) is 1. The zero-order valence-electron chi connectivity index (χ0n) is 14.3. The van der Waals surface area contributed by atoms with Gasteiger partial charge in [0.1, 0.15) is 5.76 Å². The van der Waals surface area contributed by atoms with Gasteiger partial charge in [0.05, 0.1) is 35.2 Å². The lowest BCUT2D eigenvalue weighted by Gasteiger charge is -2.28. The molecule has 1 aliphatic rings. The lowest BCUT2D eigenvalue weighted by atomic mass is 10.2. The van der Waals surface area contributed by atoms with Gasteiger partial charge in [-0.2, -0.15) is 13.2 Å².